The number of ether oxygens (including phenoxy) is 1. The minimum absolute atomic E-state index is 0.205. The van der Waals surface area contributed by atoms with Gasteiger partial charge in [0.1, 0.15) is 11.3 Å². The van der Waals surface area contributed by atoms with Gasteiger partial charge < -0.3 is 19.4 Å². The molecule has 0 radical (unpaired) electrons. The molecule has 3 aromatic heterocycles. The van der Waals surface area contributed by atoms with Gasteiger partial charge in [-0.25, -0.2) is 15.0 Å². The molecule has 0 spiro atoms. The maximum absolute atomic E-state index is 10.0. The molecule has 0 bridgehead atoms. The van der Waals surface area contributed by atoms with E-state index in [2.05, 4.69) is 32.7 Å². The smallest absolute Gasteiger partial charge is 0.164 e. The SMILES string of the molecule is Oc1cccc(-c2nc(C3=CCOCC3)c3ncn(C4CCN(Cc5ccc[nH]5)CC4)c3n2)c1. The number of likely N-dealkylation sites (tertiary alicyclic amines) is 1. The maximum atomic E-state index is 10.0. The number of nitrogens with zero attached hydrogens (tertiary/aromatic N) is 5. The Labute approximate surface area is 197 Å². The zero-order chi connectivity index (χ0) is 22.9. The van der Waals surface area contributed by atoms with E-state index in [1.165, 1.54) is 5.69 Å². The van der Waals surface area contributed by atoms with E-state index >= 15 is 0 Å². The molecule has 4 aromatic rings. The van der Waals surface area contributed by atoms with E-state index in [0.717, 1.165) is 66.9 Å². The number of aromatic nitrogens is 5. The third kappa shape index (κ3) is 4.10. The van der Waals surface area contributed by atoms with Crippen LogP contribution >= 0.6 is 0 Å². The lowest BCUT2D eigenvalue weighted by atomic mass is 10.0. The van der Waals surface area contributed by atoms with Crippen LogP contribution in [0.5, 0.6) is 5.75 Å². The minimum atomic E-state index is 0.205. The Kier molecular flexibility index (Phi) is 5.60. The largest absolute Gasteiger partial charge is 0.508 e. The molecule has 2 N–H and O–H groups in total. The molecule has 2 aliphatic rings. The number of nitrogens with one attached hydrogen (secondary N) is 1. The molecule has 5 heterocycles. The second-order valence-corrected chi connectivity index (χ2v) is 9.03. The van der Waals surface area contributed by atoms with Crippen LogP contribution in [0, 0.1) is 0 Å². The van der Waals surface area contributed by atoms with Crippen LogP contribution in [0.1, 0.15) is 36.7 Å². The standard InChI is InChI=1S/C26H28N6O2/c33-22-5-1-3-19(15-22)25-29-23(18-8-13-34-14-9-18)24-26(30-25)32(17-28-24)21-6-11-31(12-7-21)16-20-4-2-10-27-20/h1-5,8,10,15,17,21,27,33H,6-7,9,11-14,16H2. The lowest BCUT2D eigenvalue weighted by Crippen LogP contribution is -2.34. The molecule has 2 aliphatic heterocycles. The summed E-state index contributed by atoms with van der Waals surface area (Å²) in [6.07, 6.45) is 8.90. The number of hydrogen-bond donors (Lipinski definition) is 2. The van der Waals surface area contributed by atoms with Gasteiger partial charge in [0, 0.05) is 43.1 Å². The summed E-state index contributed by atoms with van der Waals surface area (Å²) in [5, 5.41) is 10.0. The second kappa shape index (κ2) is 9.04. The monoisotopic (exact) mass is 456 g/mol. The number of rotatable bonds is 5. The van der Waals surface area contributed by atoms with Crippen molar-refractivity contribution in [3.8, 4) is 17.1 Å². The van der Waals surface area contributed by atoms with Gasteiger partial charge in [0.2, 0.25) is 0 Å². The van der Waals surface area contributed by atoms with E-state index < -0.39 is 0 Å². The van der Waals surface area contributed by atoms with Crippen LogP contribution in [0.25, 0.3) is 28.1 Å². The van der Waals surface area contributed by atoms with Gasteiger partial charge in [-0.1, -0.05) is 18.2 Å². The highest BCUT2D eigenvalue weighted by molar-refractivity contribution is 5.87. The minimum Gasteiger partial charge on any atom is -0.508 e. The molecule has 1 saturated heterocycles. The molecule has 1 fully saturated rings. The van der Waals surface area contributed by atoms with E-state index in [9.17, 15) is 5.11 Å². The molecule has 0 atom stereocenters. The molecule has 8 nitrogen and oxygen atoms in total. The predicted octanol–water partition coefficient (Wildman–Crippen LogP) is 4.17. The molecular weight excluding hydrogens is 428 g/mol. The summed E-state index contributed by atoms with van der Waals surface area (Å²) in [4.78, 5) is 20.5. The van der Waals surface area contributed by atoms with Crippen molar-refractivity contribution in [1.82, 2.24) is 29.4 Å². The first kappa shape index (κ1) is 21.1. The van der Waals surface area contributed by atoms with Crippen LogP contribution in [0.3, 0.4) is 0 Å². The van der Waals surface area contributed by atoms with Gasteiger partial charge in [0.15, 0.2) is 11.5 Å². The van der Waals surface area contributed by atoms with E-state index in [-0.39, 0.29) is 5.75 Å². The first-order valence-corrected chi connectivity index (χ1v) is 11.9. The lowest BCUT2D eigenvalue weighted by Gasteiger charge is -2.32. The second-order valence-electron chi connectivity index (χ2n) is 9.03. The van der Waals surface area contributed by atoms with E-state index in [1.807, 2.05) is 24.7 Å². The number of fused-ring (bicyclic) bond motifs is 1. The average Bonchev–Trinajstić information content (AvgIpc) is 3.55. The zero-order valence-electron chi connectivity index (χ0n) is 19.0. The summed E-state index contributed by atoms with van der Waals surface area (Å²) in [5.41, 5.74) is 5.76. The Hall–Kier alpha value is -3.49. The van der Waals surface area contributed by atoms with Gasteiger partial charge in [-0.3, -0.25) is 4.90 Å². The fourth-order valence-electron chi connectivity index (χ4n) is 4.99. The molecule has 6 rings (SSSR count). The van der Waals surface area contributed by atoms with Crippen molar-refractivity contribution in [3.05, 3.63) is 66.4 Å². The molecule has 0 amide bonds. The summed E-state index contributed by atoms with van der Waals surface area (Å²) in [7, 11) is 0. The van der Waals surface area contributed by atoms with Gasteiger partial charge >= 0.3 is 0 Å². The third-order valence-corrected chi connectivity index (χ3v) is 6.80. The van der Waals surface area contributed by atoms with Crippen LogP contribution in [0.2, 0.25) is 0 Å². The highest BCUT2D eigenvalue weighted by Crippen LogP contribution is 2.32. The predicted molar refractivity (Wildman–Crippen MR) is 130 cm³/mol. The molecular formula is C26H28N6O2. The molecule has 0 unspecified atom stereocenters. The van der Waals surface area contributed by atoms with Gasteiger partial charge in [-0.05, 0) is 49.1 Å². The summed E-state index contributed by atoms with van der Waals surface area (Å²) < 4.78 is 7.76. The number of aromatic amines is 1. The summed E-state index contributed by atoms with van der Waals surface area (Å²) in [6, 6.07) is 11.7. The molecule has 0 saturated carbocycles. The summed E-state index contributed by atoms with van der Waals surface area (Å²) in [6.45, 7) is 4.28. The Morgan fingerprint density at radius 3 is 2.79 bits per heavy atom. The first-order valence-electron chi connectivity index (χ1n) is 11.9. The van der Waals surface area contributed by atoms with E-state index in [4.69, 9.17) is 19.7 Å². The molecule has 0 aliphatic carbocycles. The first-order chi connectivity index (χ1) is 16.7. The normalized spacial score (nSPS) is 17.8. The highest BCUT2D eigenvalue weighted by atomic mass is 16.5. The fraction of sp³-hybridized carbons (Fsp3) is 0.346. The van der Waals surface area contributed by atoms with Gasteiger partial charge in [-0.15, -0.1) is 0 Å². The summed E-state index contributed by atoms with van der Waals surface area (Å²) >= 11 is 0. The Balaban J connectivity index is 1.35. The highest BCUT2D eigenvalue weighted by Gasteiger charge is 2.25. The zero-order valence-corrected chi connectivity index (χ0v) is 19.0. The Morgan fingerprint density at radius 1 is 1.12 bits per heavy atom. The van der Waals surface area contributed by atoms with Crippen molar-refractivity contribution < 1.29 is 9.84 Å². The van der Waals surface area contributed by atoms with Crippen molar-refractivity contribution in [2.45, 2.75) is 31.8 Å². The van der Waals surface area contributed by atoms with Crippen LogP contribution in [0.4, 0.5) is 0 Å². The average molecular weight is 457 g/mol. The van der Waals surface area contributed by atoms with Crippen LogP contribution in [-0.2, 0) is 11.3 Å². The van der Waals surface area contributed by atoms with Crippen molar-refractivity contribution in [3.63, 3.8) is 0 Å². The summed E-state index contributed by atoms with van der Waals surface area (Å²) in [5.74, 6) is 0.813. The molecule has 34 heavy (non-hydrogen) atoms. The number of benzene rings is 1. The van der Waals surface area contributed by atoms with Crippen molar-refractivity contribution in [2.24, 2.45) is 0 Å². The quantitative estimate of drug-likeness (QED) is 0.468. The fourth-order valence-corrected chi connectivity index (χ4v) is 4.99. The van der Waals surface area contributed by atoms with Crippen LogP contribution in [-0.4, -0.2) is 60.8 Å². The number of aromatic hydroxyl groups is 1. The van der Waals surface area contributed by atoms with Crippen molar-refractivity contribution in [1.29, 1.82) is 0 Å². The van der Waals surface area contributed by atoms with E-state index in [1.54, 1.807) is 12.1 Å². The molecule has 1 aromatic carbocycles. The lowest BCUT2D eigenvalue weighted by molar-refractivity contribution is 0.161. The van der Waals surface area contributed by atoms with Gasteiger partial charge in [0.05, 0.1) is 25.2 Å². The molecule has 174 valence electrons. The number of piperidine rings is 1. The maximum Gasteiger partial charge on any atom is 0.164 e. The number of phenolic OH excluding ortho intramolecular Hbond substituents is 1. The molecule has 8 heteroatoms. The topological polar surface area (TPSA) is 92.1 Å². The number of hydrogen-bond acceptors (Lipinski definition) is 6. The van der Waals surface area contributed by atoms with Crippen LogP contribution < -0.4 is 0 Å². The van der Waals surface area contributed by atoms with Gasteiger partial charge in [-0.2, -0.15) is 0 Å². The van der Waals surface area contributed by atoms with Gasteiger partial charge in [0.25, 0.3) is 0 Å². The van der Waals surface area contributed by atoms with Crippen molar-refractivity contribution in [2.75, 3.05) is 26.3 Å². The number of H-pyrrole nitrogens is 1. The van der Waals surface area contributed by atoms with Crippen molar-refractivity contribution >= 4 is 16.7 Å². The van der Waals surface area contributed by atoms with E-state index in [0.29, 0.717) is 25.1 Å². The Bertz CT molecular complexity index is 1320. The van der Waals surface area contributed by atoms with Crippen LogP contribution in [0.15, 0.2) is 55.0 Å². The number of imidazole rings is 1. The third-order valence-electron chi connectivity index (χ3n) is 6.80. The number of phenols is 1. The Morgan fingerprint density at radius 2 is 2.03 bits per heavy atom.